The Kier molecular flexibility index (Phi) is 14.4. The summed E-state index contributed by atoms with van der Waals surface area (Å²) in [4.78, 5) is 33.6. The summed E-state index contributed by atoms with van der Waals surface area (Å²) in [6.45, 7) is 5.12. The molecule has 0 radical (unpaired) electrons. The first kappa shape index (κ1) is 50.1. The number of halogens is 6. The zero-order valence-electron chi connectivity index (χ0n) is 38.9. The van der Waals surface area contributed by atoms with Crippen molar-refractivity contribution in [2.45, 2.75) is 51.6 Å². The quantitative estimate of drug-likeness (QED) is 0.123. The standard InChI is InChI=1S/C25H26F3N5O4S.C24H24F3N5O2/c1-38(35,36)32-11-9-25(10-12-32)15-31(16-25)24(34)33(19-5-3-2-4-6-19)14-18-8-7-17(13-20(18)26)22-29-30-23(37-22)21(27)28;25-19-12-16(21-29-30-22(34-21)20(26)27)6-7-17(19)13-32(18-4-2-1-3-5-18)23(33)31-14-24(15-31)8-10-28-11-9-24/h2-8,13,21H,9-12,14-16H2,1H3;1-7,12,20,28H,8-11,13-15H2. The molecule has 0 atom stereocenters. The van der Waals surface area contributed by atoms with Gasteiger partial charge in [-0.2, -0.15) is 17.6 Å². The van der Waals surface area contributed by atoms with Crippen LogP contribution in [0, 0.1) is 22.5 Å². The second-order valence-corrected chi connectivity index (χ2v) is 20.6. The lowest BCUT2D eigenvalue weighted by molar-refractivity contribution is -0.00504. The number of benzene rings is 4. The lowest BCUT2D eigenvalue weighted by Crippen LogP contribution is -2.64. The number of amides is 4. The highest BCUT2D eigenvalue weighted by molar-refractivity contribution is 7.88. The Balaban J connectivity index is 0.000000179. The van der Waals surface area contributed by atoms with Crippen LogP contribution in [0.4, 0.5) is 47.3 Å². The second kappa shape index (κ2) is 20.7. The molecule has 6 heterocycles. The van der Waals surface area contributed by atoms with Crippen molar-refractivity contribution in [1.82, 2.24) is 39.8 Å². The Bertz CT molecular complexity index is 2970. The van der Waals surface area contributed by atoms with E-state index >= 15 is 8.78 Å². The van der Waals surface area contributed by atoms with Gasteiger partial charge in [0.1, 0.15) is 11.6 Å². The third kappa shape index (κ3) is 11.0. The number of nitrogens with zero attached hydrogens (tertiary/aromatic N) is 9. The summed E-state index contributed by atoms with van der Waals surface area (Å²) < 4.78 is 116. The van der Waals surface area contributed by atoms with E-state index in [-0.39, 0.29) is 70.0 Å². The van der Waals surface area contributed by atoms with E-state index in [1.807, 2.05) is 41.3 Å². The molecule has 4 aliphatic heterocycles. The number of urea groups is 2. The summed E-state index contributed by atoms with van der Waals surface area (Å²) in [5.74, 6) is -3.33. The third-order valence-electron chi connectivity index (χ3n) is 13.7. The number of anilines is 2. The van der Waals surface area contributed by atoms with E-state index in [4.69, 9.17) is 8.83 Å². The molecular formula is C49H50F6N10O6S. The average molecular weight is 1020 g/mol. The summed E-state index contributed by atoms with van der Waals surface area (Å²) in [7, 11) is -3.24. The molecule has 4 fully saturated rings. The van der Waals surface area contributed by atoms with Crippen LogP contribution in [0.15, 0.2) is 106 Å². The van der Waals surface area contributed by atoms with E-state index in [9.17, 15) is 35.6 Å². The Morgan fingerprint density at radius 1 is 0.625 bits per heavy atom. The summed E-state index contributed by atoms with van der Waals surface area (Å²) >= 11 is 0. The molecule has 4 aliphatic rings. The van der Waals surface area contributed by atoms with Crippen LogP contribution in [-0.4, -0.2) is 114 Å². The highest BCUT2D eigenvalue weighted by Crippen LogP contribution is 2.43. The molecule has 4 aromatic carbocycles. The van der Waals surface area contributed by atoms with Gasteiger partial charge in [0.05, 0.1) is 19.3 Å². The first-order valence-corrected chi connectivity index (χ1v) is 25.0. The number of hydrogen-bond acceptors (Lipinski definition) is 11. The molecule has 4 saturated heterocycles. The molecule has 23 heteroatoms. The number of carbonyl (C=O) groups excluding carboxylic acids is 2. The molecule has 1 N–H and O–H groups in total. The fourth-order valence-corrected chi connectivity index (χ4v) is 10.5. The van der Waals surface area contributed by atoms with Crippen LogP contribution in [0.25, 0.3) is 22.9 Å². The average Bonchev–Trinajstić information content (AvgIpc) is 4.07. The predicted octanol–water partition coefficient (Wildman–Crippen LogP) is 8.92. The highest BCUT2D eigenvalue weighted by Gasteiger charge is 2.49. The second-order valence-electron chi connectivity index (χ2n) is 18.6. The molecule has 72 heavy (non-hydrogen) atoms. The summed E-state index contributed by atoms with van der Waals surface area (Å²) in [5, 5.41) is 17.0. The topological polar surface area (TPSA) is 174 Å². The van der Waals surface area contributed by atoms with Crippen molar-refractivity contribution < 1.29 is 53.2 Å². The van der Waals surface area contributed by atoms with Crippen LogP contribution in [0.5, 0.6) is 0 Å². The van der Waals surface area contributed by atoms with Gasteiger partial charge in [-0.15, -0.1) is 20.4 Å². The van der Waals surface area contributed by atoms with E-state index in [1.54, 1.807) is 34.1 Å². The van der Waals surface area contributed by atoms with Gasteiger partial charge < -0.3 is 24.0 Å². The van der Waals surface area contributed by atoms with Gasteiger partial charge in [0.25, 0.3) is 11.8 Å². The summed E-state index contributed by atoms with van der Waals surface area (Å²) in [6, 6.07) is 25.8. The van der Waals surface area contributed by atoms with Gasteiger partial charge in [0.2, 0.25) is 21.8 Å². The SMILES string of the molecule is CS(=O)(=O)N1CCC2(CC1)CN(C(=O)N(Cc1ccc(-c3nnc(C(F)F)o3)cc1F)c1ccccc1)C2.O=C(N1CC2(CCNCC2)C1)N(Cc1ccc(-c2nnc(C(F)F)o2)cc1F)c1ccccc1. The first-order valence-electron chi connectivity index (χ1n) is 23.2. The van der Waals surface area contributed by atoms with Crippen LogP contribution in [0.1, 0.15) is 61.4 Å². The van der Waals surface area contributed by atoms with Crippen molar-refractivity contribution in [2.75, 3.05) is 68.4 Å². The Morgan fingerprint density at radius 3 is 1.39 bits per heavy atom. The van der Waals surface area contributed by atoms with Crippen LogP contribution in [0.3, 0.4) is 0 Å². The molecule has 0 aliphatic carbocycles. The molecule has 0 bridgehead atoms. The highest BCUT2D eigenvalue weighted by atomic mass is 32.2. The zero-order valence-corrected chi connectivity index (χ0v) is 39.8. The zero-order chi connectivity index (χ0) is 50.8. The predicted molar refractivity (Wildman–Crippen MR) is 251 cm³/mol. The van der Waals surface area contributed by atoms with E-state index < -0.39 is 46.3 Å². The first-order chi connectivity index (χ1) is 34.5. The van der Waals surface area contributed by atoms with Gasteiger partial charge in [-0.3, -0.25) is 9.80 Å². The maximum atomic E-state index is 15.1. The van der Waals surface area contributed by atoms with Crippen molar-refractivity contribution in [2.24, 2.45) is 10.8 Å². The summed E-state index contributed by atoms with van der Waals surface area (Å²) in [5.41, 5.74) is 2.16. The molecule has 2 aromatic heterocycles. The lowest BCUT2D eigenvalue weighted by atomic mass is 9.72. The monoisotopic (exact) mass is 1020 g/mol. The fourth-order valence-electron chi connectivity index (χ4n) is 9.61. The maximum Gasteiger partial charge on any atom is 0.324 e. The number of nitrogens with one attached hydrogen (secondary N) is 1. The maximum absolute atomic E-state index is 15.1. The summed E-state index contributed by atoms with van der Waals surface area (Å²) in [6.07, 6.45) is -1.20. The van der Waals surface area contributed by atoms with Gasteiger partial charge in [0.15, 0.2) is 0 Å². The number of carbonyl (C=O) groups is 2. The van der Waals surface area contributed by atoms with Gasteiger partial charge in [-0.1, -0.05) is 48.5 Å². The van der Waals surface area contributed by atoms with Gasteiger partial charge >= 0.3 is 24.9 Å². The van der Waals surface area contributed by atoms with E-state index in [1.165, 1.54) is 39.7 Å². The minimum atomic E-state index is -3.24. The molecule has 6 aromatic rings. The molecular weight excluding hydrogens is 971 g/mol. The number of aromatic nitrogens is 4. The van der Waals surface area contributed by atoms with Crippen molar-refractivity contribution in [1.29, 1.82) is 0 Å². The van der Waals surface area contributed by atoms with Crippen molar-refractivity contribution in [3.8, 4) is 22.9 Å². The normalized spacial score (nSPS) is 17.3. The van der Waals surface area contributed by atoms with Gasteiger partial charge in [0, 0.05) is 83.7 Å². The van der Waals surface area contributed by atoms with E-state index in [0.717, 1.165) is 38.1 Å². The Hall–Kier alpha value is -6.85. The van der Waals surface area contributed by atoms with Crippen molar-refractivity contribution in [3.05, 3.63) is 132 Å². The van der Waals surface area contributed by atoms with Crippen molar-refractivity contribution in [3.63, 3.8) is 0 Å². The van der Waals surface area contributed by atoms with Gasteiger partial charge in [-0.05, 0) is 87.3 Å². The number of sulfonamides is 1. The molecule has 10 rings (SSSR count). The third-order valence-corrected chi connectivity index (χ3v) is 15.0. The smallest absolute Gasteiger partial charge is 0.324 e. The van der Waals surface area contributed by atoms with Crippen molar-refractivity contribution >= 4 is 33.5 Å². The number of rotatable bonds is 11. The number of piperidine rings is 2. The van der Waals surface area contributed by atoms with E-state index in [0.29, 0.717) is 63.5 Å². The van der Waals surface area contributed by atoms with Crippen LogP contribution in [-0.2, 0) is 23.1 Å². The Labute approximate surface area is 410 Å². The number of para-hydroxylation sites is 2. The molecule has 0 unspecified atom stereocenters. The number of alkyl halides is 4. The van der Waals surface area contributed by atoms with E-state index in [2.05, 4.69) is 25.7 Å². The fraction of sp³-hybridized carbons (Fsp3) is 0.388. The largest absolute Gasteiger partial charge is 0.415 e. The molecule has 16 nitrogen and oxygen atoms in total. The molecule has 2 spiro atoms. The molecule has 4 amide bonds. The van der Waals surface area contributed by atoms with Gasteiger partial charge in [-0.25, -0.2) is 31.1 Å². The molecule has 0 saturated carbocycles. The van der Waals surface area contributed by atoms with Crippen LogP contribution in [0.2, 0.25) is 0 Å². The lowest BCUT2D eigenvalue weighted by Gasteiger charge is -2.54. The Morgan fingerprint density at radius 2 is 1.03 bits per heavy atom. The number of likely N-dealkylation sites (tertiary alicyclic amines) is 2. The minimum Gasteiger partial charge on any atom is -0.415 e. The van der Waals surface area contributed by atoms with Crippen LogP contribution < -0.4 is 15.1 Å². The molecule has 380 valence electrons. The number of hydrogen-bond donors (Lipinski definition) is 1. The van der Waals surface area contributed by atoms with Crippen LogP contribution >= 0.6 is 0 Å². The minimum absolute atomic E-state index is 0.0200.